The van der Waals surface area contributed by atoms with Gasteiger partial charge in [-0.25, -0.2) is 0 Å². The Labute approximate surface area is 200 Å². The summed E-state index contributed by atoms with van der Waals surface area (Å²) in [5.74, 6) is 0. The van der Waals surface area contributed by atoms with Crippen molar-refractivity contribution in [1.29, 1.82) is 0 Å². The maximum Gasteiger partial charge on any atom is 0.101 e. The molecule has 2 rings (SSSR count). The molecule has 1 aliphatic rings. The van der Waals surface area contributed by atoms with Gasteiger partial charge in [0.25, 0.3) is 0 Å². The number of hydrogen-bond donors (Lipinski definition) is 0. The van der Waals surface area contributed by atoms with Gasteiger partial charge in [0.05, 0.1) is 0 Å². The Morgan fingerprint density at radius 2 is 1.16 bits per heavy atom. The quantitative estimate of drug-likeness (QED) is 0.198. The van der Waals surface area contributed by atoms with Crippen molar-refractivity contribution in [2.24, 2.45) is 0 Å². The van der Waals surface area contributed by atoms with Crippen LogP contribution in [0.15, 0.2) is 42.7 Å². The normalized spacial score (nSPS) is 15.9. The number of unbranched alkanes of at least 4 members (excludes halogenated alkanes) is 14. The fourth-order valence-corrected chi connectivity index (χ4v) is 5.01. The van der Waals surface area contributed by atoms with Crippen LogP contribution in [0, 0.1) is 0 Å². The van der Waals surface area contributed by atoms with Crippen LogP contribution in [0.2, 0.25) is 0 Å². The molecule has 1 atom stereocenters. The van der Waals surface area contributed by atoms with E-state index in [2.05, 4.69) is 73.3 Å². The maximum absolute atomic E-state index is 2.55. The fourth-order valence-electron chi connectivity index (χ4n) is 5.01. The summed E-state index contributed by atoms with van der Waals surface area (Å²) >= 11 is 0. The third kappa shape index (κ3) is 10.9. The van der Waals surface area contributed by atoms with Crippen LogP contribution in [0.5, 0.6) is 0 Å². The minimum absolute atomic E-state index is 0.525. The molecule has 2 heteroatoms. The molecule has 1 aromatic rings. The molecular formula is C30H52N2. The zero-order chi connectivity index (χ0) is 22.9. The lowest BCUT2D eigenvalue weighted by Gasteiger charge is -2.35. The second kappa shape index (κ2) is 17.1. The summed E-state index contributed by atoms with van der Waals surface area (Å²) in [4.78, 5) is 5.09. The molecule has 1 aromatic carbocycles. The van der Waals surface area contributed by atoms with Crippen LogP contribution in [-0.2, 0) is 6.54 Å². The Kier molecular flexibility index (Phi) is 14.3. The van der Waals surface area contributed by atoms with Gasteiger partial charge in [0.2, 0.25) is 0 Å². The van der Waals surface area contributed by atoms with Gasteiger partial charge in [-0.3, -0.25) is 0 Å². The minimum atomic E-state index is 0.525. The molecule has 0 fully saturated rings. The van der Waals surface area contributed by atoms with Gasteiger partial charge in [0.15, 0.2) is 0 Å². The second-order valence-electron chi connectivity index (χ2n) is 10.2. The lowest BCUT2D eigenvalue weighted by Crippen LogP contribution is -2.41. The van der Waals surface area contributed by atoms with Crippen LogP contribution >= 0.6 is 0 Å². The SMILES string of the molecule is CCCCCCCCCCCCCCCCCC1N(Cc2ccccc2)C=CN1C(C)C. The molecule has 0 aromatic heterocycles. The average molecular weight is 441 g/mol. The Morgan fingerprint density at radius 1 is 0.656 bits per heavy atom. The predicted octanol–water partition coefficient (Wildman–Crippen LogP) is 9.27. The van der Waals surface area contributed by atoms with Gasteiger partial charge < -0.3 is 9.80 Å². The highest BCUT2D eigenvalue weighted by molar-refractivity contribution is 5.16. The fraction of sp³-hybridized carbons (Fsp3) is 0.733. The summed E-state index contributed by atoms with van der Waals surface area (Å²) in [5.41, 5.74) is 1.41. The first-order valence-electron chi connectivity index (χ1n) is 14.0. The molecule has 2 nitrogen and oxygen atoms in total. The Bertz CT molecular complexity index is 580. The lowest BCUT2D eigenvalue weighted by molar-refractivity contribution is 0.110. The molecule has 0 saturated heterocycles. The maximum atomic E-state index is 2.55. The van der Waals surface area contributed by atoms with E-state index in [1.54, 1.807) is 0 Å². The summed E-state index contributed by atoms with van der Waals surface area (Å²) in [7, 11) is 0. The van der Waals surface area contributed by atoms with Gasteiger partial charge in [-0.1, -0.05) is 127 Å². The van der Waals surface area contributed by atoms with Crippen molar-refractivity contribution in [3.05, 3.63) is 48.3 Å². The van der Waals surface area contributed by atoms with E-state index in [-0.39, 0.29) is 0 Å². The van der Waals surface area contributed by atoms with Crippen molar-refractivity contribution >= 4 is 0 Å². The van der Waals surface area contributed by atoms with Gasteiger partial charge in [-0.15, -0.1) is 0 Å². The zero-order valence-corrected chi connectivity index (χ0v) is 21.6. The lowest BCUT2D eigenvalue weighted by atomic mass is 10.0. The first-order valence-corrected chi connectivity index (χ1v) is 14.0. The Hall–Kier alpha value is -1.44. The minimum Gasteiger partial charge on any atom is -0.354 e. The molecule has 0 saturated carbocycles. The van der Waals surface area contributed by atoms with Crippen LogP contribution in [0.1, 0.15) is 129 Å². The number of hydrogen-bond acceptors (Lipinski definition) is 2. The monoisotopic (exact) mass is 440 g/mol. The third-order valence-corrected chi connectivity index (χ3v) is 7.03. The van der Waals surface area contributed by atoms with E-state index < -0.39 is 0 Å². The van der Waals surface area contributed by atoms with Crippen LogP contribution in [0.3, 0.4) is 0 Å². The van der Waals surface area contributed by atoms with Crippen LogP contribution in [-0.4, -0.2) is 22.0 Å². The average Bonchev–Trinajstić information content (AvgIpc) is 3.19. The molecule has 1 unspecified atom stereocenters. The molecule has 0 bridgehead atoms. The van der Waals surface area contributed by atoms with Gasteiger partial charge in [0, 0.05) is 25.0 Å². The van der Waals surface area contributed by atoms with Gasteiger partial charge in [-0.2, -0.15) is 0 Å². The highest BCUT2D eigenvalue weighted by Crippen LogP contribution is 2.26. The molecule has 1 heterocycles. The largest absolute Gasteiger partial charge is 0.354 e. The summed E-state index contributed by atoms with van der Waals surface area (Å²) in [6, 6.07) is 11.5. The van der Waals surface area contributed by atoms with Crippen molar-refractivity contribution in [2.75, 3.05) is 0 Å². The van der Waals surface area contributed by atoms with E-state index in [1.807, 2.05) is 0 Å². The van der Waals surface area contributed by atoms with E-state index in [0.29, 0.717) is 12.2 Å². The summed E-state index contributed by atoms with van der Waals surface area (Å²) in [6.45, 7) is 7.95. The van der Waals surface area contributed by atoms with E-state index in [0.717, 1.165) is 6.54 Å². The zero-order valence-electron chi connectivity index (χ0n) is 21.6. The Morgan fingerprint density at radius 3 is 1.66 bits per heavy atom. The smallest absolute Gasteiger partial charge is 0.101 e. The number of nitrogens with zero attached hydrogens (tertiary/aromatic N) is 2. The first-order chi connectivity index (χ1) is 15.7. The van der Waals surface area contributed by atoms with Crippen LogP contribution in [0.4, 0.5) is 0 Å². The first kappa shape index (κ1) is 26.8. The standard InChI is InChI=1S/C30H52N2/c1-4-5-6-7-8-9-10-11-12-13-14-15-16-17-21-24-30-31(25-26-32(30)28(2)3)27-29-22-19-18-20-23-29/h18-20,22-23,25-26,28,30H,4-17,21,24,27H2,1-3H3. The van der Waals surface area contributed by atoms with Crippen molar-refractivity contribution < 1.29 is 0 Å². The number of rotatable bonds is 19. The molecule has 0 spiro atoms. The highest BCUT2D eigenvalue weighted by atomic mass is 15.4. The topological polar surface area (TPSA) is 6.48 Å². The van der Waals surface area contributed by atoms with Crippen molar-refractivity contribution in [1.82, 2.24) is 9.80 Å². The van der Waals surface area contributed by atoms with Crippen LogP contribution in [0.25, 0.3) is 0 Å². The highest BCUT2D eigenvalue weighted by Gasteiger charge is 2.27. The molecule has 1 aliphatic heterocycles. The van der Waals surface area contributed by atoms with Gasteiger partial charge in [-0.05, 0) is 32.3 Å². The molecular weight excluding hydrogens is 388 g/mol. The van der Waals surface area contributed by atoms with E-state index in [1.165, 1.54) is 108 Å². The molecule has 0 radical (unpaired) electrons. The van der Waals surface area contributed by atoms with E-state index >= 15 is 0 Å². The molecule has 0 aliphatic carbocycles. The Balaban J connectivity index is 1.49. The molecule has 0 amide bonds. The summed E-state index contributed by atoms with van der Waals surface area (Å²) < 4.78 is 0. The van der Waals surface area contributed by atoms with E-state index in [4.69, 9.17) is 0 Å². The van der Waals surface area contributed by atoms with Crippen LogP contribution < -0.4 is 0 Å². The molecule has 182 valence electrons. The number of benzene rings is 1. The van der Waals surface area contributed by atoms with Crippen molar-refractivity contribution in [3.8, 4) is 0 Å². The molecule has 32 heavy (non-hydrogen) atoms. The van der Waals surface area contributed by atoms with Gasteiger partial charge >= 0.3 is 0 Å². The van der Waals surface area contributed by atoms with Gasteiger partial charge in [0.1, 0.15) is 6.17 Å². The summed E-state index contributed by atoms with van der Waals surface area (Å²) in [5, 5.41) is 0. The van der Waals surface area contributed by atoms with Crippen molar-refractivity contribution in [3.63, 3.8) is 0 Å². The van der Waals surface area contributed by atoms with Crippen molar-refractivity contribution in [2.45, 2.75) is 142 Å². The second-order valence-corrected chi connectivity index (χ2v) is 10.2. The molecule has 0 N–H and O–H groups in total. The third-order valence-electron chi connectivity index (χ3n) is 7.03. The predicted molar refractivity (Wildman–Crippen MR) is 141 cm³/mol. The summed E-state index contributed by atoms with van der Waals surface area (Å²) in [6.07, 6.45) is 27.9. The van der Waals surface area contributed by atoms with E-state index in [9.17, 15) is 0 Å².